The minimum absolute atomic E-state index is 0.00923. The molecule has 1 heterocycles. The number of carbonyl (C=O) groups is 2. The number of nitrogens with two attached hydrogens (primary N) is 1. The first-order valence-corrected chi connectivity index (χ1v) is 16.3. The number of halogens is 2. The molecule has 0 atom stereocenters. The van der Waals surface area contributed by atoms with Gasteiger partial charge < -0.3 is 35.5 Å². The van der Waals surface area contributed by atoms with Crippen LogP contribution in [0.2, 0.25) is 10.0 Å². The van der Waals surface area contributed by atoms with Gasteiger partial charge in [-0.1, -0.05) is 76.9 Å². The maximum Gasteiger partial charge on any atom is 0.335 e. The van der Waals surface area contributed by atoms with Gasteiger partial charge in [-0.15, -0.1) is 0 Å². The van der Waals surface area contributed by atoms with E-state index in [4.69, 9.17) is 49.0 Å². The van der Waals surface area contributed by atoms with Crippen molar-refractivity contribution in [2.45, 2.75) is 44.4 Å². The highest BCUT2D eigenvalue weighted by molar-refractivity contribution is 6.50. The molecule has 0 bridgehead atoms. The molecule has 1 aliphatic heterocycles. The van der Waals surface area contributed by atoms with Crippen molar-refractivity contribution in [2.24, 2.45) is 10.9 Å². The number of carbonyl (C=O) groups excluding carboxylic acids is 1. The second-order valence-electron chi connectivity index (χ2n) is 11.8. The third kappa shape index (κ3) is 8.49. The van der Waals surface area contributed by atoms with Crippen molar-refractivity contribution in [3.63, 3.8) is 0 Å². The first-order valence-electron chi connectivity index (χ1n) is 15.6. The number of aryl methyl sites for hydroxylation is 1. The summed E-state index contributed by atoms with van der Waals surface area (Å²) < 4.78 is 12.1. The lowest BCUT2D eigenvalue weighted by atomic mass is 9.91. The number of oxime groups is 1. The summed E-state index contributed by atoms with van der Waals surface area (Å²) in [4.78, 5) is 25.7. The van der Waals surface area contributed by atoms with Crippen LogP contribution in [0.15, 0.2) is 83.6 Å². The summed E-state index contributed by atoms with van der Waals surface area (Å²) in [5.41, 5.74) is 9.11. The zero-order valence-electron chi connectivity index (χ0n) is 26.5. The van der Waals surface area contributed by atoms with Crippen LogP contribution in [0, 0.1) is 5.41 Å². The zero-order chi connectivity index (χ0) is 35.1. The topological polar surface area (TPSA) is 179 Å². The summed E-state index contributed by atoms with van der Waals surface area (Å²) in [5.74, 6) is -0.492. The monoisotopic (exact) mass is 706 g/mol. The number of allylic oxidation sites excluding steroid dienone is 2. The number of aliphatic hydroxyl groups is 1. The number of benzene rings is 3. The molecule has 0 saturated carbocycles. The molecular weight excluding hydrogens is 671 g/mol. The SMILES string of the molecule is N=C1C=C(COc2cc(OCc3cccc(-c4cccc(CCC(=O)N5CCC(O)(C(=O)O)CC5)c4)c3Cl)c(Cl)cc2CN)C=C/C1=N/O. The van der Waals surface area contributed by atoms with E-state index >= 15 is 0 Å². The first-order chi connectivity index (χ1) is 23.5. The van der Waals surface area contributed by atoms with E-state index in [1.165, 1.54) is 6.08 Å². The van der Waals surface area contributed by atoms with Crippen LogP contribution in [0.5, 0.6) is 11.5 Å². The molecule has 0 radical (unpaired) electrons. The van der Waals surface area contributed by atoms with Crippen molar-refractivity contribution in [3.05, 3.63) is 105 Å². The minimum Gasteiger partial charge on any atom is -0.488 e. The van der Waals surface area contributed by atoms with E-state index < -0.39 is 11.6 Å². The van der Waals surface area contributed by atoms with Gasteiger partial charge in [0.15, 0.2) is 5.60 Å². The second kappa shape index (κ2) is 15.7. The van der Waals surface area contributed by atoms with E-state index in [9.17, 15) is 19.8 Å². The van der Waals surface area contributed by atoms with Gasteiger partial charge in [-0.3, -0.25) is 10.2 Å². The lowest BCUT2D eigenvalue weighted by Crippen LogP contribution is -2.50. The van der Waals surface area contributed by atoms with Gasteiger partial charge in [0, 0.05) is 61.7 Å². The zero-order valence-corrected chi connectivity index (χ0v) is 28.0. The number of hydrogen-bond acceptors (Lipinski definition) is 9. The third-order valence-electron chi connectivity index (χ3n) is 8.57. The highest BCUT2D eigenvalue weighted by atomic mass is 35.5. The van der Waals surface area contributed by atoms with Crippen LogP contribution in [0.4, 0.5) is 0 Å². The number of carboxylic acid groups (broad SMARTS) is 1. The Balaban J connectivity index is 1.23. The number of ether oxygens (including phenoxy) is 2. The van der Waals surface area contributed by atoms with Crippen LogP contribution in [-0.2, 0) is 29.2 Å². The Labute approximate surface area is 293 Å². The third-order valence-corrected chi connectivity index (χ3v) is 9.31. The van der Waals surface area contributed by atoms with E-state index in [1.807, 2.05) is 42.5 Å². The van der Waals surface area contributed by atoms with E-state index in [1.54, 1.807) is 29.2 Å². The molecule has 6 N–H and O–H groups in total. The molecule has 13 heteroatoms. The Kier molecular flexibility index (Phi) is 11.4. The summed E-state index contributed by atoms with van der Waals surface area (Å²) in [7, 11) is 0. The fraction of sp³-hybridized carbons (Fsp3) is 0.278. The van der Waals surface area contributed by atoms with Gasteiger partial charge in [0.1, 0.15) is 30.4 Å². The minimum atomic E-state index is -1.77. The van der Waals surface area contributed by atoms with Gasteiger partial charge in [0.25, 0.3) is 0 Å². The molecule has 1 aliphatic carbocycles. The van der Waals surface area contributed by atoms with E-state index in [-0.39, 0.29) is 69.4 Å². The molecular formula is C36H36Cl2N4O7. The van der Waals surface area contributed by atoms with Crippen LogP contribution in [-0.4, -0.2) is 68.9 Å². The molecule has 0 aromatic heterocycles. The van der Waals surface area contributed by atoms with Gasteiger partial charge in [-0.25, -0.2) is 4.79 Å². The Morgan fingerprint density at radius 1 is 0.980 bits per heavy atom. The second-order valence-corrected chi connectivity index (χ2v) is 12.6. The largest absolute Gasteiger partial charge is 0.488 e. The normalized spacial score (nSPS) is 16.4. The fourth-order valence-corrected chi connectivity index (χ4v) is 6.15. The number of hydrogen-bond donors (Lipinski definition) is 5. The quantitative estimate of drug-likeness (QED) is 0.0892. The average Bonchev–Trinajstić information content (AvgIpc) is 3.10. The van der Waals surface area contributed by atoms with Gasteiger partial charge in [0.2, 0.25) is 5.91 Å². The van der Waals surface area contributed by atoms with E-state index in [2.05, 4.69) is 5.16 Å². The predicted octanol–water partition coefficient (Wildman–Crippen LogP) is 5.79. The molecule has 256 valence electrons. The van der Waals surface area contributed by atoms with Crippen LogP contribution in [0.3, 0.4) is 0 Å². The number of likely N-dealkylation sites (tertiary alicyclic amines) is 1. The highest BCUT2D eigenvalue weighted by Crippen LogP contribution is 2.36. The van der Waals surface area contributed by atoms with Gasteiger partial charge in [-0.05, 0) is 41.3 Å². The molecule has 49 heavy (non-hydrogen) atoms. The molecule has 2 aliphatic rings. The Morgan fingerprint density at radius 3 is 2.41 bits per heavy atom. The van der Waals surface area contributed by atoms with Crippen molar-refractivity contribution < 1.29 is 34.5 Å². The predicted molar refractivity (Wildman–Crippen MR) is 187 cm³/mol. The molecule has 5 rings (SSSR count). The van der Waals surface area contributed by atoms with Gasteiger partial charge in [-0.2, -0.15) is 0 Å². The smallest absolute Gasteiger partial charge is 0.335 e. The first kappa shape index (κ1) is 35.6. The average molecular weight is 708 g/mol. The molecule has 3 aromatic carbocycles. The van der Waals surface area contributed by atoms with Crippen molar-refractivity contribution in [1.29, 1.82) is 5.41 Å². The number of piperidine rings is 1. The van der Waals surface area contributed by atoms with Crippen molar-refractivity contribution in [2.75, 3.05) is 19.7 Å². The maximum atomic E-state index is 12.8. The Morgan fingerprint density at radius 2 is 1.71 bits per heavy atom. The van der Waals surface area contributed by atoms with E-state index in [0.29, 0.717) is 39.1 Å². The summed E-state index contributed by atoms with van der Waals surface area (Å²) in [5, 5.41) is 40.2. The number of carboxylic acids is 1. The van der Waals surface area contributed by atoms with Gasteiger partial charge in [0.05, 0.1) is 15.8 Å². The lowest BCUT2D eigenvalue weighted by molar-refractivity contribution is -0.165. The lowest BCUT2D eigenvalue weighted by Gasteiger charge is -2.35. The molecule has 0 unspecified atom stereocenters. The van der Waals surface area contributed by atoms with Crippen LogP contribution in [0.25, 0.3) is 11.1 Å². The molecule has 1 amide bonds. The highest BCUT2D eigenvalue weighted by Gasteiger charge is 2.40. The number of amides is 1. The summed E-state index contributed by atoms with van der Waals surface area (Å²) in [6, 6.07) is 16.8. The van der Waals surface area contributed by atoms with Gasteiger partial charge >= 0.3 is 5.97 Å². The van der Waals surface area contributed by atoms with Crippen molar-refractivity contribution >= 4 is 46.5 Å². The molecule has 11 nitrogen and oxygen atoms in total. The van der Waals surface area contributed by atoms with Crippen LogP contribution < -0.4 is 15.2 Å². The fourth-order valence-electron chi connectivity index (χ4n) is 5.62. The van der Waals surface area contributed by atoms with E-state index in [0.717, 1.165) is 22.3 Å². The summed E-state index contributed by atoms with van der Waals surface area (Å²) in [6.45, 7) is 0.838. The number of rotatable bonds is 12. The number of nitrogens with zero attached hydrogens (tertiary/aromatic N) is 2. The van der Waals surface area contributed by atoms with Crippen molar-refractivity contribution in [3.8, 4) is 22.6 Å². The molecule has 1 fully saturated rings. The maximum absolute atomic E-state index is 12.8. The summed E-state index contributed by atoms with van der Waals surface area (Å²) in [6.07, 6.45) is 5.54. The summed E-state index contributed by atoms with van der Waals surface area (Å²) >= 11 is 13.4. The molecule has 3 aromatic rings. The molecule has 1 saturated heterocycles. The molecule has 0 spiro atoms. The van der Waals surface area contributed by atoms with Crippen LogP contribution >= 0.6 is 23.2 Å². The van der Waals surface area contributed by atoms with Crippen LogP contribution in [0.1, 0.15) is 36.0 Å². The number of nitrogens with one attached hydrogen (secondary N) is 1. The standard InChI is InChI=1S/C36H36Cl2N4O7/c37-28-17-26(19-39)31(48-20-23-7-9-30(41-47)29(40)16-23)18-32(28)49-21-25-5-2-6-27(34(25)38)24-4-1-3-22(15-24)8-10-33(43)42-13-11-36(46,12-14-42)35(44)45/h1-7,9,15-18,40,46-47H,8,10-14,19-21,39H2,(H,44,45)/b40-29?,41-30-. The Bertz CT molecular complexity index is 1850. The Hall–Kier alpha value is -4.68. The van der Waals surface area contributed by atoms with Crippen molar-refractivity contribution in [1.82, 2.24) is 4.90 Å². The number of aliphatic carboxylic acids is 1.